The van der Waals surface area contributed by atoms with Gasteiger partial charge in [0.05, 0.1) is 38.6 Å². The molecule has 9 atom stereocenters. The molecule has 3 aromatic heterocycles. The molecule has 330 valence electrons. The van der Waals surface area contributed by atoms with Gasteiger partial charge in [0.25, 0.3) is 5.56 Å². The van der Waals surface area contributed by atoms with E-state index in [-0.39, 0.29) is 65.9 Å². The van der Waals surface area contributed by atoms with Crippen LogP contribution in [0.25, 0.3) is 11.0 Å². The molecule has 2 saturated heterocycles. The van der Waals surface area contributed by atoms with Crippen LogP contribution in [0.15, 0.2) is 35.9 Å². The Kier molecular flexibility index (Phi) is 15.3. The predicted octanol–water partition coefficient (Wildman–Crippen LogP) is 6.96. The molecule has 3 aliphatic rings. The molecule has 0 aromatic carbocycles. The molecule has 3 fully saturated rings. The summed E-state index contributed by atoms with van der Waals surface area (Å²) in [6.07, 6.45) is 0.277. The summed E-state index contributed by atoms with van der Waals surface area (Å²) in [6, 6.07) is 3.64. The average molecular weight is 932 g/mol. The molecule has 0 radical (unpaired) electrons. The fourth-order valence-corrected chi connectivity index (χ4v) is 22.2. The van der Waals surface area contributed by atoms with Crippen molar-refractivity contribution in [2.45, 2.75) is 134 Å². The first-order valence-corrected chi connectivity index (χ1v) is 27.7. The Balaban J connectivity index is 1.41. The first-order chi connectivity index (χ1) is 28.4. The van der Waals surface area contributed by atoms with Crippen LogP contribution in [0.1, 0.15) is 80.9 Å². The third kappa shape index (κ3) is 9.85. The number of nitrogens with zero attached hydrogens (tertiary/aromatic N) is 5. The monoisotopic (exact) mass is 931 g/mol. The third-order valence-corrected chi connectivity index (χ3v) is 24.3. The van der Waals surface area contributed by atoms with E-state index in [1.165, 1.54) is 23.4 Å². The van der Waals surface area contributed by atoms with Crippen molar-refractivity contribution in [2.75, 3.05) is 19.8 Å². The summed E-state index contributed by atoms with van der Waals surface area (Å²) in [4.78, 5) is 37.4. The van der Waals surface area contributed by atoms with Crippen LogP contribution in [0, 0.1) is 23.1 Å². The maximum Gasteiger partial charge on any atom is 0.695 e. The number of aromatic amines is 1. The number of hydrogen-bond donors (Lipinski definition) is 2. The first kappa shape index (κ1) is 47.0. The van der Waals surface area contributed by atoms with Gasteiger partial charge in [-0.15, -0.1) is 9.42 Å². The van der Waals surface area contributed by atoms with Gasteiger partial charge in [-0.3, -0.25) is 9.32 Å². The molecule has 3 aromatic rings. The Morgan fingerprint density at radius 2 is 1.83 bits per heavy atom. The molecule has 2 unspecified atom stereocenters. The molecule has 0 bridgehead atoms. The molecule has 2 aliphatic heterocycles. The van der Waals surface area contributed by atoms with Crippen molar-refractivity contribution in [3.8, 4) is 11.9 Å². The second-order valence-corrected chi connectivity index (χ2v) is 28.9. The van der Waals surface area contributed by atoms with Gasteiger partial charge >= 0.3 is 32.1 Å². The normalized spacial score (nSPS) is 27.8. The van der Waals surface area contributed by atoms with E-state index in [4.69, 9.17) is 52.3 Å². The quantitative estimate of drug-likeness (QED) is 0.0794. The molecule has 18 nitrogen and oxygen atoms in total. The fourth-order valence-electron chi connectivity index (χ4n) is 8.41. The van der Waals surface area contributed by atoms with E-state index >= 15 is 4.39 Å². The largest absolute Gasteiger partial charge is 0.695 e. The van der Waals surface area contributed by atoms with Gasteiger partial charge in [0.2, 0.25) is 5.88 Å². The SMILES string of the molecule is CC(C)[Si]1(C(C)C)OC[C@H]2O[C@@H](n3cc(F)c4c(=O)[nH]cnc43)[C@@H](OP(=S)(OCCC#N)OC[C@H]3C[C@@H](Oc4ccncn4)C[C@@H]3O[P+](=O)O)[C@@H]2O[Si](C(C)C)(C(C)C)O1. The second kappa shape index (κ2) is 19.5. The minimum atomic E-state index is -3.94. The van der Waals surface area contributed by atoms with Crippen LogP contribution in [-0.4, -0.2) is 96.9 Å². The van der Waals surface area contributed by atoms with Gasteiger partial charge in [-0.05, 0) is 40.4 Å². The zero-order chi connectivity index (χ0) is 43.6. The first-order valence-electron chi connectivity index (χ1n) is 20.0. The summed E-state index contributed by atoms with van der Waals surface area (Å²) < 4.78 is 88.5. The summed E-state index contributed by atoms with van der Waals surface area (Å²) in [7, 11) is -9.34. The van der Waals surface area contributed by atoms with Crippen LogP contribution in [0.5, 0.6) is 5.88 Å². The topological polar surface area (TPSA) is 221 Å². The molecule has 24 heteroatoms. The molecule has 6 rings (SSSR count). The summed E-state index contributed by atoms with van der Waals surface area (Å²) in [5, 5.41) is 9.19. The summed E-state index contributed by atoms with van der Waals surface area (Å²) in [5.41, 5.74) is -0.795. The van der Waals surface area contributed by atoms with Crippen LogP contribution in [0.4, 0.5) is 4.39 Å². The van der Waals surface area contributed by atoms with Crippen LogP contribution in [0.2, 0.25) is 22.2 Å². The second-order valence-electron chi connectivity index (χ2n) is 16.4. The van der Waals surface area contributed by atoms with Crippen LogP contribution >= 0.6 is 15.0 Å². The van der Waals surface area contributed by atoms with Crippen molar-refractivity contribution in [2.24, 2.45) is 5.92 Å². The van der Waals surface area contributed by atoms with Crippen molar-refractivity contribution < 1.29 is 54.4 Å². The fraction of sp³-hybridized carbons (Fsp3) is 0.694. The van der Waals surface area contributed by atoms with Gasteiger partial charge in [-0.25, -0.2) is 19.3 Å². The lowest BCUT2D eigenvalue weighted by atomic mass is 10.1. The number of nitriles is 1. The van der Waals surface area contributed by atoms with Gasteiger partial charge in [0.1, 0.15) is 42.2 Å². The van der Waals surface area contributed by atoms with E-state index < -0.39 is 86.1 Å². The summed E-state index contributed by atoms with van der Waals surface area (Å²) in [6.45, 7) is 12.4. The highest BCUT2D eigenvalue weighted by atomic mass is 32.5. The standard InChI is InChI=1S/C36H53FN6O12P2SSi2/c1-21(2)59(22(3)4)49-18-29-32(54-60(55-59,23(5)6)24(7)8)33(36(51-29)43-16-27(37)31-34(43)41-20-42-35(31)44)53-57(58,47-13-9-11-38)48-17-25-14-26(15-28(25)52-56(45)46)50-30-10-12-39-19-40-30/h10,12,16,19-26,28-29,32-33,36H,9,13-15,17-18H2,1-8H3,(H-,41,42,44,45,46)/p+1/t25-,26-,28+,29-,32-,33+,36-,57?/m1/s1. The molecule has 1 aliphatic carbocycles. The van der Waals surface area contributed by atoms with Gasteiger partial charge in [-0.2, -0.15) is 5.26 Å². The zero-order valence-electron chi connectivity index (χ0n) is 34.8. The maximum atomic E-state index is 15.7. The minimum Gasteiger partial charge on any atom is -0.474 e. The van der Waals surface area contributed by atoms with Crippen molar-refractivity contribution in [3.05, 3.63) is 47.3 Å². The highest BCUT2D eigenvalue weighted by Gasteiger charge is 2.63. The maximum absolute atomic E-state index is 15.7. The number of rotatable bonds is 17. The van der Waals surface area contributed by atoms with Crippen LogP contribution < -0.4 is 10.3 Å². The van der Waals surface area contributed by atoms with E-state index in [0.717, 1.165) is 6.20 Å². The van der Waals surface area contributed by atoms with E-state index in [9.17, 15) is 19.5 Å². The molecule has 1 saturated carbocycles. The lowest BCUT2D eigenvalue weighted by molar-refractivity contribution is -0.0568. The van der Waals surface area contributed by atoms with Gasteiger partial charge in [0.15, 0.2) is 17.7 Å². The zero-order valence-corrected chi connectivity index (χ0v) is 39.4. The average Bonchev–Trinajstić information content (AvgIpc) is 3.82. The summed E-state index contributed by atoms with van der Waals surface area (Å²) in [5.74, 6) is -1.04. The number of H-pyrrole nitrogens is 1. The predicted molar refractivity (Wildman–Crippen MR) is 223 cm³/mol. The molecule has 0 amide bonds. The molecule has 60 heavy (non-hydrogen) atoms. The summed E-state index contributed by atoms with van der Waals surface area (Å²) >= 11 is 6.12. The van der Waals surface area contributed by atoms with Gasteiger partial charge < -0.3 is 41.0 Å². The molecule has 0 spiro atoms. The van der Waals surface area contributed by atoms with Crippen LogP contribution in [-0.2, 0) is 52.2 Å². The third-order valence-electron chi connectivity index (χ3n) is 11.3. The Bertz CT molecular complexity index is 2100. The van der Waals surface area contributed by atoms with Crippen molar-refractivity contribution in [3.63, 3.8) is 0 Å². The Labute approximate surface area is 356 Å². The number of fused-ring (bicyclic) bond motifs is 2. The van der Waals surface area contributed by atoms with Gasteiger partial charge in [0, 0.05) is 35.4 Å². The highest BCUT2D eigenvalue weighted by molar-refractivity contribution is 8.07. The van der Waals surface area contributed by atoms with Crippen molar-refractivity contribution in [1.82, 2.24) is 24.5 Å². The van der Waals surface area contributed by atoms with E-state index in [2.05, 4.69) is 75.3 Å². The number of aromatic nitrogens is 5. The number of nitrogens with one attached hydrogen (secondary N) is 1. The van der Waals surface area contributed by atoms with E-state index in [1.54, 1.807) is 6.07 Å². The van der Waals surface area contributed by atoms with Gasteiger partial charge in [-0.1, -0.05) is 55.4 Å². The van der Waals surface area contributed by atoms with Crippen molar-refractivity contribution >= 4 is 54.9 Å². The Morgan fingerprint density at radius 3 is 2.47 bits per heavy atom. The Morgan fingerprint density at radius 1 is 1.12 bits per heavy atom. The highest BCUT2D eigenvalue weighted by Crippen LogP contribution is 2.57. The Hall–Kier alpha value is -2.46. The van der Waals surface area contributed by atoms with Crippen LogP contribution in [0.3, 0.4) is 0 Å². The number of hydrogen-bond acceptors (Lipinski definition) is 16. The molecule has 5 heterocycles. The molecule has 2 N–H and O–H groups in total. The molecular formula is C36H54FN6O12P2SSi2+. The lowest BCUT2D eigenvalue weighted by Crippen LogP contribution is -2.65. The number of halogens is 1. The lowest BCUT2D eigenvalue weighted by Gasteiger charge is -2.51. The van der Waals surface area contributed by atoms with E-state index in [0.29, 0.717) is 12.3 Å². The van der Waals surface area contributed by atoms with E-state index in [1.807, 2.05) is 6.07 Å². The molecular weight excluding hydrogens is 878 g/mol. The number of ether oxygens (including phenoxy) is 2. The minimum absolute atomic E-state index is 0.0102. The van der Waals surface area contributed by atoms with Crippen molar-refractivity contribution in [1.29, 1.82) is 5.26 Å². The smallest absolute Gasteiger partial charge is 0.474 e.